The zero-order chi connectivity index (χ0) is 31.7. The fourth-order valence-electron chi connectivity index (χ4n) is 4.89. The van der Waals surface area contributed by atoms with Crippen LogP contribution in [0.1, 0.15) is 47.8 Å². The van der Waals surface area contributed by atoms with Crippen LogP contribution in [0.5, 0.6) is 5.75 Å². The molecule has 0 radical (unpaired) electrons. The summed E-state index contributed by atoms with van der Waals surface area (Å²) in [6.45, 7) is 8.45. The van der Waals surface area contributed by atoms with Crippen LogP contribution in [-0.2, 0) is 20.7 Å². The summed E-state index contributed by atoms with van der Waals surface area (Å²) >= 11 is 0. The van der Waals surface area contributed by atoms with Crippen LogP contribution in [0.2, 0.25) is 0 Å². The number of aryl methyl sites for hydroxylation is 1. The molecule has 0 saturated carbocycles. The standard InChI is InChI=1S/C37H40N2O5/c1-26-13-9-12-18-33(26)39(36(42)37(2,3)4)23-24-44-29-21-19-27(20-22-29)25-32(35(41)43-5)38-31-17-11-10-16-30(31)34(40)28-14-7-6-8-15-28/h6-22,32,38H,23-25H2,1-5H3/t32-/m0/s1. The number of esters is 1. The van der Waals surface area contributed by atoms with Gasteiger partial charge in [-0.1, -0.05) is 93.6 Å². The number of ketones is 1. The zero-order valence-corrected chi connectivity index (χ0v) is 26.0. The van der Waals surface area contributed by atoms with E-state index in [0.717, 1.165) is 16.8 Å². The molecule has 0 bridgehead atoms. The number of anilines is 2. The van der Waals surface area contributed by atoms with Crippen molar-refractivity contribution in [1.29, 1.82) is 0 Å². The van der Waals surface area contributed by atoms with Crippen LogP contribution in [0.25, 0.3) is 0 Å². The lowest BCUT2D eigenvalue weighted by Crippen LogP contribution is -2.42. The van der Waals surface area contributed by atoms with Crippen LogP contribution < -0.4 is 15.0 Å². The summed E-state index contributed by atoms with van der Waals surface area (Å²) in [7, 11) is 1.35. The molecule has 44 heavy (non-hydrogen) atoms. The van der Waals surface area contributed by atoms with E-state index in [0.29, 0.717) is 42.1 Å². The Morgan fingerprint density at radius 3 is 2.11 bits per heavy atom. The van der Waals surface area contributed by atoms with Crippen LogP contribution in [0.4, 0.5) is 11.4 Å². The predicted octanol–water partition coefficient (Wildman–Crippen LogP) is 6.88. The fraction of sp³-hybridized carbons (Fsp3) is 0.270. The summed E-state index contributed by atoms with van der Waals surface area (Å²) in [6.07, 6.45) is 0.335. The number of benzene rings is 4. The molecule has 0 aliphatic heterocycles. The van der Waals surface area contributed by atoms with Gasteiger partial charge in [0.05, 0.1) is 13.7 Å². The van der Waals surface area contributed by atoms with E-state index in [9.17, 15) is 14.4 Å². The lowest BCUT2D eigenvalue weighted by Gasteiger charge is -2.30. The lowest BCUT2D eigenvalue weighted by molar-refractivity contribution is -0.141. The van der Waals surface area contributed by atoms with Crippen LogP contribution >= 0.6 is 0 Å². The van der Waals surface area contributed by atoms with Gasteiger partial charge in [-0.3, -0.25) is 9.59 Å². The number of carbonyl (C=O) groups is 3. The first-order valence-electron chi connectivity index (χ1n) is 14.7. The minimum absolute atomic E-state index is 0.0270. The highest BCUT2D eigenvalue weighted by atomic mass is 16.5. The number of ether oxygens (including phenoxy) is 2. The molecular weight excluding hydrogens is 552 g/mol. The zero-order valence-electron chi connectivity index (χ0n) is 26.0. The van der Waals surface area contributed by atoms with Gasteiger partial charge < -0.3 is 19.7 Å². The van der Waals surface area contributed by atoms with Gasteiger partial charge in [-0.05, 0) is 48.4 Å². The van der Waals surface area contributed by atoms with Crippen molar-refractivity contribution in [3.05, 3.63) is 125 Å². The molecule has 1 amide bonds. The molecule has 7 heteroatoms. The Balaban J connectivity index is 1.43. The van der Waals surface area contributed by atoms with Crippen molar-refractivity contribution >= 4 is 29.0 Å². The maximum absolute atomic E-state index is 13.3. The minimum atomic E-state index is -0.720. The van der Waals surface area contributed by atoms with E-state index >= 15 is 0 Å². The first-order chi connectivity index (χ1) is 21.1. The molecule has 0 aliphatic carbocycles. The van der Waals surface area contributed by atoms with E-state index in [1.165, 1.54) is 7.11 Å². The minimum Gasteiger partial charge on any atom is -0.492 e. The van der Waals surface area contributed by atoms with Gasteiger partial charge in [0.25, 0.3) is 0 Å². The van der Waals surface area contributed by atoms with Gasteiger partial charge in [-0.15, -0.1) is 0 Å². The van der Waals surface area contributed by atoms with Gasteiger partial charge in [0, 0.05) is 34.3 Å². The van der Waals surface area contributed by atoms with Crippen molar-refractivity contribution in [3.8, 4) is 5.75 Å². The van der Waals surface area contributed by atoms with Crippen LogP contribution in [0.15, 0.2) is 103 Å². The van der Waals surface area contributed by atoms with Crippen LogP contribution in [0.3, 0.4) is 0 Å². The number of nitrogens with zero attached hydrogens (tertiary/aromatic N) is 1. The Morgan fingerprint density at radius 2 is 1.45 bits per heavy atom. The summed E-state index contributed by atoms with van der Waals surface area (Å²) in [4.78, 5) is 41.0. The van der Waals surface area contributed by atoms with Gasteiger partial charge in [0.2, 0.25) is 5.91 Å². The molecule has 0 aromatic heterocycles. The molecule has 0 heterocycles. The van der Waals surface area contributed by atoms with E-state index in [1.54, 1.807) is 35.2 Å². The number of carbonyl (C=O) groups excluding carboxylic acids is 3. The predicted molar refractivity (Wildman–Crippen MR) is 174 cm³/mol. The molecule has 1 N–H and O–H groups in total. The SMILES string of the molecule is COC(=O)[C@H](Cc1ccc(OCCN(C(=O)C(C)(C)C)c2ccccc2C)cc1)Nc1ccccc1C(=O)c1ccccc1. The second-order valence-electron chi connectivity index (χ2n) is 11.7. The molecule has 1 atom stereocenters. The normalized spacial score (nSPS) is 11.8. The summed E-state index contributed by atoms with van der Waals surface area (Å²) in [5.41, 5.74) is 3.84. The molecule has 0 saturated heterocycles. The van der Waals surface area contributed by atoms with Crippen molar-refractivity contribution in [2.75, 3.05) is 30.5 Å². The van der Waals surface area contributed by atoms with Gasteiger partial charge in [-0.25, -0.2) is 4.79 Å². The average Bonchev–Trinajstić information content (AvgIpc) is 3.03. The molecule has 4 aromatic carbocycles. The third kappa shape index (κ3) is 8.13. The molecule has 4 rings (SSSR count). The largest absolute Gasteiger partial charge is 0.492 e. The third-order valence-electron chi connectivity index (χ3n) is 7.26. The Bertz CT molecular complexity index is 1580. The summed E-state index contributed by atoms with van der Waals surface area (Å²) in [5, 5.41) is 3.24. The molecule has 0 spiro atoms. The maximum atomic E-state index is 13.3. The number of rotatable bonds is 12. The highest BCUT2D eigenvalue weighted by Gasteiger charge is 2.29. The molecular formula is C37H40N2O5. The number of amides is 1. The topological polar surface area (TPSA) is 84.9 Å². The first kappa shape index (κ1) is 32.0. The Labute approximate surface area is 259 Å². The van der Waals surface area contributed by atoms with E-state index in [4.69, 9.17) is 9.47 Å². The van der Waals surface area contributed by atoms with Crippen LogP contribution in [-0.4, -0.2) is 44.0 Å². The van der Waals surface area contributed by atoms with Gasteiger partial charge in [0.15, 0.2) is 5.78 Å². The maximum Gasteiger partial charge on any atom is 0.328 e. The van der Waals surface area contributed by atoms with Crippen molar-refractivity contribution in [3.63, 3.8) is 0 Å². The number of hydrogen-bond acceptors (Lipinski definition) is 6. The molecule has 0 unspecified atom stereocenters. The number of para-hydroxylation sites is 2. The van der Waals surface area contributed by atoms with E-state index in [1.807, 2.05) is 100 Å². The first-order valence-corrected chi connectivity index (χ1v) is 14.7. The molecule has 228 valence electrons. The van der Waals surface area contributed by atoms with Crippen molar-refractivity contribution in [2.45, 2.75) is 40.2 Å². The van der Waals surface area contributed by atoms with E-state index < -0.39 is 17.4 Å². The summed E-state index contributed by atoms with van der Waals surface area (Å²) < 4.78 is 11.1. The molecule has 7 nitrogen and oxygen atoms in total. The highest BCUT2D eigenvalue weighted by Crippen LogP contribution is 2.26. The molecule has 4 aromatic rings. The number of hydrogen-bond donors (Lipinski definition) is 1. The summed E-state index contributed by atoms with van der Waals surface area (Å²) in [5.74, 6) is 0.110. The Hall–Kier alpha value is -4.91. The summed E-state index contributed by atoms with van der Waals surface area (Å²) in [6, 6.07) is 30.8. The Kier molecular flexibility index (Phi) is 10.6. The highest BCUT2D eigenvalue weighted by molar-refractivity contribution is 6.12. The molecule has 0 fully saturated rings. The van der Waals surface area contributed by atoms with Gasteiger partial charge in [-0.2, -0.15) is 0 Å². The van der Waals surface area contributed by atoms with Crippen molar-refractivity contribution in [2.24, 2.45) is 5.41 Å². The smallest absolute Gasteiger partial charge is 0.328 e. The quantitative estimate of drug-likeness (QED) is 0.143. The van der Waals surface area contributed by atoms with Gasteiger partial charge in [0.1, 0.15) is 18.4 Å². The van der Waals surface area contributed by atoms with Crippen molar-refractivity contribution < 1.29 is 23.9 Å². The second kappa shape index (κ2) is 14.5. The number of methoxy groups -OCH3 is 1. The average molecular weight is 593 g/mol. The monoisotopic (exact) mass is 592 g/mol. The fourth-order valence-corrected chi connectivity index (χ4v) is 4.89. The van der Waals surface area contributed by atoms with E-state index in [2.05, 4.69) is 5.32 Å². The van der Waals surface area contributed by atoms with Gasteiger partial charge >= 0.3 is 5.97 Å². The molecule has 0 aliphatic rings. The van der Waals surface area contributed by atoms with E-state index in [-0.39, 0.29) is 11.7 Å². The Morgan fingerprint density at radius 1 is 0.818 bits per heavy atom. The third-order valence-corrected chi connectivity index (χ3v) is 7.26. The second-order valence-corrected chi connectivity index (χ2v) is 11.7. The number of nitrogens with one attached hydrogen (secondary N) is 1. The van der Waals surface area contributed by atoms with Crippen LogP contribution in [0, 0.1) is 12.3 Å². The van der Waals surface area contributed by atoms with Crippen molar-refractivity contribution in [1.82, 2.24) is 0 Å². The lowest BCUT2D eigenvalue weighted by atomic mass is 9.94.